The van der Waals surface area contributed by atoms with Crippen LogP contribution in [0.15, 0.2) is 42.5 Å². The molecule has 8 heteroatoms. The molecule has 1 aliphatic rings. The minimum atomic E-state index is -0.416. The van der Waals surface area contributed by atoms with Crippen LogP contribution in [-0.4, -0.2) is 28.6 Å². The molecule has 1 saturated heterocycles. The molecule has 0 aliphatic carbocycles. The van der Waals surface area contributed by atoms with Crippen molar-refractivity contribution in [3.05, 3.63) is 48.0 Å². The normalized spacial score (nSPS) is 19.3. The van der Waals surface area contributed by atoms with Gasteiger partial charge in [-0.3, -0.25) is 4.79 Å². The van der Waals surface area contributed by atoms with Crippen molar-refractivity contribution in [2.45, 2.75) is 25.4 Å². The third-order valence-electron chi connectivity index (χ3n) is 4.43. The molecule has 0 radical (unpaired) electrons. The third kappa shape index (κ3) is 3.73. The molecule has 0 saturated carbocycles. The van der Waals surface area contributed by atoms with Crippen LogP contribution in [-0.2, 0) is 4.79 Å². The van der Waals surface area contributed by atoms with E-state index in [1.165, 1.54) is 11.3 Å². The highest BCUT2D eigenvalue weighted by Crippen LogP contribution is 2.31. The van der Waals surface area contributed by atoms with Crippen molar-refractivity contribution < 1.29 is 14.6 Å². The van der Waals surface area contributed by atoms with Gasteiger partial charge < -0.3 is 15.2 Å². The maximum Gasteiger partial charge on any atom is 0.244 e. The monoisotopic (exact) mass is 384 g/mol. The molecule has 4 N–H and O–H groups in total. The van der Waals surface area contributed by atoms with Gasteiger partial charge in [-0.25, -0.2) is 15.8 Å². The van der Waals surface area contributed by atoms with Crippen LogP contribution in [0.2, 0.25) is 0 Å². The summed E-state index contributed by atoms with van der Waals surface area (Å²) in [5, 5.41) is 13.4. The van der Waals surface area contributed by atoms with Crippen LogP contribution in [0.3, 0.4) is 0 Å². The van der Waals surface area contributed by atoms with E-state index in [2.05, 4.69) is 21.2 Å². The smallest absolute Gasteiger partial charge is 0.244 e. The van der Waals surface area contributed by atoms with Crippen LogP contribution in [0, 0.1) is 0 Å². The lowest BCUT2D eigenvalue weighted by Crippen LogP contribution is -2.39. The summed E-state index contributed by atoms with van der Waals surface area (Å²) in [6, 6.07) is 12.3. The highest BCUT2D eigenvalue weighted by atomic mass is 32.1. The minimum absolute atomic E-state index is 0.133. The molecular weight excluding hydrogens is 364 g/mol. The number of ether oxygens (including phenoxy) is 1. The van der Waals surface area contributed by atoms with Gasteiger partial charge in [-0.1, -0.05) is 29.5 Å². The second-order valence-electron chi connectivity index (χ2n) is 6.26. The number of benzene rings is 2. The van der Waals surface area contributed by atoms with Gasteiger partial charge in [0.25, 0.3) is 0 Å². The average molecular weight is 384 g/mol. The first-order valence-corrected chi connectivity index (χ1v) is 9.59. The molecule has 1 aliphatic heterocycles. The van der Waals surface area contributed by atoms with Crippen molar-refractivity contribution in [3.8, 4) is 11.5 Å². The number of phenols is 1. The second-order valence-corrected chi connectivity index (χ2v) is 7.29. The molecular formula is C19H20N4O3S. The van der Waals surface area contributed by atoms with Gasteiger partial charge in [-0.05, 0) is 37.6 Å². The van der Waals surface area contributed by atoms with Gasteiger partial charge in [0.2, 0.25) is 5.91 Å². The van der Waals surface area contributed by atoms with Gasteiger partial charge in [0.15, 0.2) is 5.13 Å². The van der Waals surface area contributed by atoms with Gasteiger partial charge in [0.05, 0.1) is 22.9 Å². The summed E-state index contributed by atoms with van der Waals surface area (Å²) in [5.41, 5.74) is 7.66. The Kier molecular flexibility index (Phi) is 4.93. The maximum absolute atomic E-state index is 12.6. The number of phenolic OH excluding ortho intramolecular Hbond substituents is 1. The van der Waals surface area contributed by atoms with Crippen molar-refractivity contribution in [1.82, 2.24) is 15.8 Å². The molecule has 0 bridgehead atoms. The molecule has 4 rings (SSSR count). The molecule has 7 nitrogen and oxygen atoms in total. The Labute approximate surface area is 160 Å². The van der Waals surface area contributed by atoms with E-state index >= 15 is 0 Å². The van der Waals surface area contributed by atoms with E-state index in [-0.39, 0.29) is 17.7 Å². The number of thiazole rings is 1. The zero-order valence-corrected chi connectivity index (χ0v) is 15.5. The lowest BCUT2D eigenvalue weighted by Gasteiger charge is -2.11. The molecule has 27 heavy (non-hydrogen) atoms. The summed E-state index contributed by atoms with van der Waals surface area (Å²) in [5.74, 6) is 0.845. The fraction of sp³-hybridized carbons (Fsp3) is 0.263. The van der Waals surface area contributed by atoms with Gasteiger partial charge in [0, 0.05) is 5.56 Å². The zero-order chi connectivity index (χ0) is 18.8. The molecule has 2 aromatic carbocycles. The fourth-order valence-corrected chi connectivity index (χ4v) is 4.02. The molecule has 2 atom stereocenters. The summed E-state index contributed by atoms with van der Waals surface area (Å²) in [6.45, 7) is 2.54. The number of nitrogens with one attached hydrogen (secondary N) is 3. The van der Waals surface area contributed by atoms with E-state index in [4.69, 9.17) is 4.74 Å². The van der Waals surface area contributed by atoms with Crippen LogP contribution in [0.5, 0.6) is 11.5 Å². The van der Waals surface area contributed by atoms with Crippen LogP contribution in [0.4, 0.5) is 5.13 Å². The van der Waals surface area contributed by atoms with Crippen molar-refractivity contribution in [1.29, 1.82) is 0 Å². The standard InChI is InChI=1S/C19H20N4O3S/c1-2-26-11-7-8-13-17(9-11)27-19(20-13)21-18(25)15-10-14(22-23-15)12-5-3-4-6-16(12)24/h3-9,14-15,22-24H,2,10H2,1H3,(H,20,21,25). The van der Waals surface area contributed by atoms with Crippen molar-refractivity contribution in [2.24, 2.45) is 0 Å². The number of hydrogen-bond donors (Lipinski definition) is 4. The molecule has 3 aromatic rings. The number of aromatic hydroxyl groups is 1. The van der Waals surface area contributed by atoms with Crippen LogP contribution in [0.1, 0.15) is 24.9 Å². The number of amides is 1. The van der Waals surface area contributed by atoms with Crippen LogP contribution >= 0.6 is 11.3 Å². The largest absolute Gasteiger partial charge is 0.508 e. The first-order valence-electron chi connectivity index (χ1n) is 8.77. The third-order valence-corrected chi connectivity index (χ3v) is 5.37. The molecule has 1 aromatic heterocycles. The average Bonchev–Trinajstić information content (AvgIpc) is 3.28. The number of nitrogens with zero attached hydrogens (tertiary/aromatic N) is 1. The van der Waals surface area contributed by atoms with Gasteiger partial charge in [0.1, 0.15) is 17.5 Å². The Hall–Kier alpha value is -2.68. The van der Waals surface area contributed by atoms with E-state index < -0.39 is 6.04 Å². The van der Waals surface area contributed by atoms with Crippen LogP contribution in [0.25, 0.3) is 10.2 Å². The van der Waals surface area contributed by atoms with E-state index in [1.807, 2.05) is 37.3 Å². The maximum atomic E-state index is 12.6. The Bertz CT molecular complexity index is 974. The summed E-state index contributed by atoms with van der Waals surface area (Å²) in [6.07, 6.45) is 0.531. The number of hydrazine groups is 1. The number of aromatic nitrogens is 1. The van der Waals surface area contributed by atoms with Gasteiger partial charge in [-0.2, -0.15) is 0 Å². The van der Waals surface area contributed by atoms with E-state index in [0.717, 1.165) is 21.5 Å². The number of anilines is 1. The van der Waals surface area contributed by atoms with Gasteiger partial charge >= 0.3 is 0 Å². The Balaban J connectivity index is 1.43. The number of rotatable bonds is 5. The summed E-state index contributed by atoms with van der Waals surface area (Å²) < 4.78 is 6.46. The highest BCUT2D eigenvalue weighted by molar-refractivity contribution is 7.22. The highest BCUT2D eigenvalue weighted by Gasteiger charge is 2.31. The minimum Gasteiger partial charge on any atom is -0.508 e. The molecule has 140 valence electrons. The first kappa shape index (κ1) is 17.7. The molecule has 1 fully saturated rings. The lowest BCUT2D eigenvalue weighted by molar-refractivity contribution is -0.117. The Morgan fingerprint density at radius 3 is 3.00 bits per heavy atom. The summed E-state index contributed by atoms with van der Waals surface area (Å²) >= 11 is 1.41. The van der Waals surface area contributed by atoms with E-state index in [0.29, 0.717) is 18.2 Å². The Morgan fingerprint density at radius 2 is 2.19 bits per heavy atom. The summed E-state index contributed by atoms with van der Waals surface area (Å²) in [4.78, 5) is 17.0. The summed E-state index contributed by atoms with van der Waals surface area (Å²) in [7, 11) is 0. The van der Waals surface area contributed by atoms with Crippen molar-refractivity contribution in [3.63, 3.8) is 0 Å². The second kappa shape index (κ2) is 7.51. The quantitative estimate of drug-likeness (QED) is 0.540. The first-order chi connectivity index (χ1) is 13.1. The molecule has 2 unspecified atom stereocenters. The van der Waals surface area contributed by atoms with Crippen molar-refractivity contribution >= 4 is 32.6 Å². The number of fused-ring (bicyclic) bond motifs is 1. The lowest BCUT2D eigenvalue weighted by atomic mass is 10.0. The van der Waals surface area contributed by atoms with E-state index in [1.54, 1.807) is 12.1 Å². The number of para-hydroxylation sites is 1. The number of hydrogen-bond acceptors (Lipinski definition) is 7. The number of carbonyl (C=O) groups is 1. The molecule has 0 spiro atoms. The zero-order valence-electron chi connectivity index (χ0n) is 14.7. The number of carbonyl (C=O) groups excluding carboxylic acids is 1. The topological polar surface area (TPSA) is 95.5 Å². The predicted octanol–water partition coefficient (Wildman–Crippen LogP) is 2.95. The fourth-order valence-electron chi connectivity index (χ4n) is 3.12. The molecule has 1 amide bonds. The van der Waals surface area contributed by atoms with Crippen LogP contribution < -0.4 is 20.9 Å². The Morgan fingerprint density at radius 1 is 1.33 bits per heavy atom. The van der Waals surface area contributed by atoms with E-state index in [9.17, 15) is 9.90 Å². The van der Waals surface area contributed by atoms with Gasteiger partial charge in [-0.15, -0.1) is 0 Å². The predicted molar refractivity (Wildman–Crippen MR) is 105 cm³/mol. The SMILES string of the molecule is CCOc1ccc2nc(NC(=O)C3CC(c4ccccc4O)NN3)sc2c1. The molecule has 2 heterocycles. The van der Waals surface area contributed by atoms with Crippen molar-refractivity contribution in [2.75, 3.05) is 11.9 Å².